The van der Waals surface area contributed by atoms with Crippen molar-refractivity contribution >= 4 is 29.3 Å². The zero-order valence-corrected chi connectivity index (χ0v) is 10.9. The van der Waals surface area contributed by atoms with Gasteiger partial charge in [-0.1, -0.05) is 11.6 Å². The predicted octanol–water partition coefficient (Wildman–Crippen LogP) is 2.14. The molecule has 1 atom stereocenters. The van der Waals surface area contributed by atoms with Gasteiger partial charge in [0.15, 0.2) is 0 Å². The minimum atomic E-state index is -0.182. The van der Waals surface area contributed by atoms with Gasteiger partial charge >= 0.3 is 0 Å². The summed E-state index contributed by atoms with van der Waals surface area (Å²) in [7, 11) is 0. The monoisotopic (exact) mass is 258 g/mol. The van der Waals surface area contributed by atoms with E-state index in [0.717, 1.165) is 4.90 Å². The number of nitrogens with one attached hydrogen (secondary N) is 1. The maximum absolute atomic E-state index is 11.8. The first-order chi connectivity index (χ1) is 7.58. The Morgan fingerprint density at radius 2 is 2.31 bits per heavy atom. The van der Waals surface area contributed by atoms with Gasteiger partial charge in [0.25, 0.3) is 5.91 Å². The minimum absolute atomic E-state index is 0.0542. The molecule has 0 spiro atoms. The molecule has 0 aliphatic heterocycles. The summed E-state index contributed by atoms with van der Waals surface area (Å²) in [6, 6.07) is 5.35. The maximum atomic E-state index is 11.8. The molecular weight excluding hydrogens is 244 g/mol. The third-order valence-electron chi connectivity index (χ3n) is 2.15. The number of carbonyl (C=O) groups is 1. The Labute approximate surface area is 105 Å². The van der Waals surface area contributed by atoms with E-state index in [2.05, 4.69) is 5.32 Å². The molecule has 5 heteroatoms. The standard InChI is InChI=1S/C11H15ClN2OS/c1-7(6-13)14-11(15)9-5-8(16-2)3-4-10(9)12/h3-5,7H,6,13H2,1-2H3,(H,14,15). The van der Waals surface area contributed by atoms with E-state index in [0.29, 0.717) is 17.1 Å². The molecule has 16 heavy (non-hydrogen) atoms. The maximum Gasteiger partial charge on any atom is 0.253 e. The van der Waals surface area contributed by atoms with Gasteiger partial charge in [-0.2, -0.15) is 0 Å². The zero-order valence-electron chi connectivity index (χ0n) is 9.29. The van der Waals surface area contributed by atoms with Gasteiger partial charge in [0.2, 0.25) is 0 Å². The third-order valence-corrected chi connectivity index (χ3v) is 3.20. The van der Waals surface area contributed by atoms with Crippen LogP contribution in [-0.2, 0) is 0 Å². The molecule has 0 radical (unpaired) electrons. The van der Waals surface area contributed by atoms with E-state index in [1.165, 1.54) is 0 Å². The largest absolute Gasteiger partial charge is 0.348 e. The fourth-order valence-corrected chi connectivity index (χ4v) is 1.81. The fraction of sp³-hybridized carbons (Fsp3) is 0.364. The fourth-order valence-electron chi connectivity index (χ4n) is 1.17. The highest BCUT2D eigenvalue weighted by Gasteiger charge is 2.12. The van der Waals surface area contributed by atoms with Crippen molar-refractivity contribution in [2.24, 2.45) is 5.73 Å². The Kier molecular flexibility index (Phi) is 5.12. The van der Waals surface area contributed by atoms with Crippen molar-refractivity contribution < 1.29 is 4.79 Å². The number of thioether (sulfide) groups is 1. The van der Waals surface area contributed by atoms with E-state index in [1.54, 1.807) is 23.9 Å². The van der Waals surface area contributed by atoms with Crippen LogP contribution in [0.15, 0.2) is 23.1 Å². The van der Waals surface area contributed by atoms with E-state index < -0.39 is 0 Å². The first kappa shape index (κ1) is 13.4. The second kappa shape index (κ2) is 6.13. The van der Waals surface area contributed by atoms with Crippen molar-refractivity contribution in [3.05, 3.63) is 28.8 Å². The lowest BCUT2D eigenvalue weighted by atomic mass is 10.2. The lowest BCUT2D eigenvalue weighted by Crippen LogP contribution is -2.37. The lowest BCUT2D eigenvalue weighted by molar-refractivity contribution is 0.0941. The topological polar surface area (TPSA) is 55.1 Å². The minimum Gasteiger partial charge on any atom is -0.348 e. The van der Waals surface area contributed by atoms with Crippen molar-refractivity contribution in [1.82, 2.24) is 5.32 Å². The summed E-state index contributed by atoms with van der Waals surface area (Å²) in [4.78, 5) is 12.9. The summed E-state index contributed by atoms with van der Waals surface area (Å²) in [6.07, 6.45) is 1.95. The number of amides is 1. The van der Waals surface area contributed by atoms with Gasteiger partial charge in [-0.05, 0) is 31.4 Å². The summed E-state index contributed by atoms with van der Waals surface area (Å²) >= 11 is 7.54. The van der Waals surface area contributed by atoms with E-state index in [1.807, 2.05) is 19.2 Å². The van der Waals surface area contributed by atoms with E-state index in [-0.39, 0.29) is 11.9 Å². The lowest BCUT2D eigenvalue weighted by Gasteiger charge is -2.12. The van der Waals surface area contributed by atoms with Gasteiger partial charge in [-0.3, -0.25) is 4.79 Å². The molecule has 0 bridgehead atoms. The Morgan fingerprint density at radius 3 is 2.88 bits per heavy atom. The molecule has 1 amide bonds. The van der Waals surface area contributed by atoms with Crippen molar-refractivity contribution in [2.75, 3.05) is 12.8 Å². The summed E-state index contributed by atoms with van der Waals surface area (Å²) < 4.78 is 0. The molecule has 3 N–H and O–H groups in total. The van der Waals surface area contributed by atoms with Crippen LogP contribution >= 0.6 is 23.4 Å². The van der Waals surface area contributed by atoms with Crippen LogP contribution in [0.2, 0.25) is 5.02 Å². The number of nitrogens with two attached hydrogens (primary N) is 1. The second-order valence-corrected chi connectivity index (χ2v) is 4.74. The van der Waals surface area contributed by atoms with Crippen LogP contribution in [0.3, 0.4) is 0 Å². The quantitative estimate of drug-likeness (QED) is 0.814. The molecule has 0 saturated carbocycles. The highest BCUT2D eigenvalue weighted by atomic mass is 35.5. The number of hydrogen-bond donors (Lipinski definition) is 2. The van der Waals surface area contributed by atoms with Crippen LogP contribution < -0.4 is 11.1 Å². The van der Waals surface area contributed by atoms with Gasteiger partial charge in [-0.25, -0.2) is 0 Å². The van der Waals surface area contributed by atoms with Crippen molar-refractivity contribution in [3.8, 4) is 0 Å². The molecule has 1 rings (SSSR count). The molecule has 88 valence electrons. The van der Waals surface area contributed by atoms with Crippen molar-refractivity contribution in [3.63, 3.8) is 0 Å². The molecule has 1 aromatic rings. The second-order valence-electron chi connectivity index (χ2n) is 3.46. The highest BCUT2D eigenvalue weighted by Crippen LogP contribution is 2.22. The molecule has 0 heterocycles. The Hall–Kier alpha value is -0.710. The first-order valence-corrected chi connectivity index (χ1v) is 6.53. The van der Waals surface area contributed by atoms with Gasteiger partial charge in [0.1, 0.15) is 0 Å². The SMILES string of the molecule is CSc1ccc(Cl)c(C(=O)NC(C)CN)c1. The van der Waals surface area contributed by atoms with Crippen LogP contribution in [0.1, 0.15) is 17.3 Å². The zero-order chi connectivity index (χ0) is 12.1. The number of carbonyl (C=O) groups excluding carboxylic acids is 1. The molecule has 1 unspecified atom stereocenters. The molecule has 3 nitrogen and oxygen atoms in total. The van der Waals surface area contributed by atoms with E-state index >= 15 is 0 Å². The van der Waals surface area contributed by atoms with E-state index in [9.17, 15) is 4.79 Å². The van der Waals surface area contributed by atoms with Crippen molar-refractivity contribution in [1.29, 1.82) is 0 Å². The Bertz CT molecular complexity index is 384. The molecule has 0 aromatic heterocycles. The van der Waals surface area contributed by atoms with Gasteiger partial charge < -0.3 is 11.1 Å². The van der Waals surface area contributed by atoms with Gasteiger partial charge in [-0.15, -0.1) is 11.8 Å². The van der Waals surface area contributed by atoms with Gasteiger partial charge in [0, 0.05) is 17.5 Å². The van der Waals surface area contributed by atoms with Crippen molar-refractivity contribution in [2.45, 2.75) is 17.9 Å². The molecule has 0 aliphatic rings. The molecular formula is C11H15ClN2OS. The predicted molar refractivity (Wildman–Crippen MR) is 69.2 cm³/mol. The summed E-state index contributed by atoms with van der Waals surface area (Å²) in [5.74, 6) is -0.182. The first-order valence-electron chi connectivity index (χ1n) is 4.93. The number of benzene rings is 1. The number of rotatable bonds is 4. The molecule has 0 saturated heterocycles. The van der Waals surface area contributed by atoms with Crippen LogP contribution in [0.5, 0.6) is 0 Å². The number of halogens is 1. The summed E-state index contributed by atoms with van der Waals surface area (Å²) in [5, 5.41) is 3.24. The van der Waals surface area contributed by atoms with E-state index in [4.69, 9.17) is 17.3 Å². The average molecular weight is 259 g/mol. The highest BCUT2D eigenvalue weighted by molar-refractivity contribution is 7.98. The normalized spacial score (nSPS) is 12.2. The summed E-state index contributed by atoms with van der Waals surface area (Å²) in [5.41, 5.74) is 5.93. The summed E-state index contributed by atoms with van der Waals surface area (Å²) in [6.45, 7) is 2.26. The average Bonchev–Trinajstić information content (AvgIpc) is 2.29. The number of hydrogen-bond acceptors (Lipinski definition) is 3. The third kappa shape index (κ3) is 3.40. The van der Waals surface area contributed by atoms with Gasteiger partial charge in [0.05, 0.1) is 10.6 Å². The Morgan fingerprint density at radius 1 is 1.62 bits per heavy atom. The van der Waals surface area contributed by atoms with Crippen LogP contribution in [-0.4, -0.2) is 24.7 Å². The molecule has 1 aromatic carbocycles. The smallest absolute Gasteiger partial charge is 0.253 e. The van der Waals surface area contributed by atoms with Crippen LogP contribution in [0.25, 0.3) is 0 Å². The van der Waals surface area contributed by atoms with Crippen LogP contribution in [0, 0.1) is 0 Å². The Balaban J connectivity index is 2.89. The van der Waals surface area contributed by atoms with Crippen LogP contribution in [0.4, 0.5) is 0 Å². The molecule has 0 fully saturated rings. The molecule has 0 aliphatic carbocycles.